The van der Waals surface area contributed by atoms with Gasteiger partial charge in [-0.2, -0.15) is 4.98 Å². The van der Waals surface area contributed by atoms with Gasteiger partial charge in [-0.3, -0.25) is 0 Å². The molecule has 1 fully saturated rings. The number of amides is 1. The predicted octanol–water partition coefficient (Wildman–Crippen LogP) is -0.851. The number of aliphatic hydroxyl groups is 2. The molecule has 0 unspecified atom stereocenters. The molecule has 10 heteroatoms. The van der Waals surface area contributed by atoms with E-state index < -0.39 is 43.0 Å². The van der Waals surface area contributed by atoms with Gasteiger partial charge in [0.1, 0.15) is 18.0 Å². The molecule has 1 aromatic rings. The maximum absolute atomic E-state index is 14.2. The standard InChI is InChI=1S/C12H16FN3O6/c1-2-21-12(20)16(7-3-4-14-11(19)15-7)10-8(13)9(18)6(5-17)22-10/h3-4,6,8-10,17-18H,2,5H2,1H3,(H,14,15,19)/t6-,8+,9-,10-/m1/s1. The van der Waals surface area contributed by atoms with Gasteiger partial charge in [0.15, 0.2) is 12.4 Å². The first-order valence-corrected chi connectivity index (χ1v) is 6.59. The molecule has 3 N–H and O–H groups in total. The van der Waals surface area contributed by atoms with E-state index in [-0.39, 0.29) is 12.4 Å². The van der Waals surface area contributed by atoms with Crippen LogP contribution in [0, 0.1) is 0 Å². The quantitative estimate of drug-likeness (QED) is 0.660. The lowest BCUT2D eigenvalue weighted by Gasteiger charge is -2.27. The van der Waals surface area contributed by atoms with E-state index in [2.05, 4.69) is 9.97 Å². The van der Waals surface area contributed by atoms with Gasteiger partial charge in [-0.1, -0.05) is 0 Å². The zero-order chi connectivity index (χ0) is 16.3. The van der Waals surface area contributed by atoms with Gasteiger partial charge in [0, 0.05) is 6.20 Å². The second-order valence-electron chi connectivity index (χ2n) is 4.50. The maximum Gasteiger partial charge on any atom is 0.417 e. The Morgan fingerprint density at radius 2 is 2.36 bits per heavy atom. The number of aromatic nitrogens is 2. The van der Waals surface area contributed by atoms with Gasteiger partial charge < -0.3 is 24.7 Å². The number of hydrogen-bond acceptors (Lipinski definition) is 7. The molecular weight excluding hydrogens is 301 g/mol. The molecular formula is C12H16FN3O6. The van der Waals surface area contributed by atoms with Gasteiger partial charge in [-0.15, -0.1) is 0 Å². The average Bonchev–Trinajstić information content (AvgIpc) is 2.76. The smallest absolute Gasteiger partial charge is 0.417 e. The highest BCUT2D eigenvalue weighted by molar-refractivity contribution is 5.86. The topological polar surface area (TPSA) is 125 Å². The van der Waals surface area contributed by atoms with Crippen molar-refractivity contribution in [2.75, 3.05) is 18.1 Å². The number of aliphatic hydroxyl groups excluding tert-OH is 2. The number of carbonyl (C=O) groups is 1. The minimum absolute atomic E-state index is 0.00811. The summed E-state index contributed by atoms with van der Waals surface area (Å²) >= 11 is 0. The van der Waals surface area contributed by atoms with Gasteiger partial charge in [0.2, 0.25) is 0 Å². The Morgan fingerprint density at radius 3 is 2.91 bits per heavy atom. The van der Waals surface area contributed by atoms with E-state index in [1.807, 2.05) is 0 Å². The van der Waals surface area contributed by atoms with Crippen molar-refractivity contribution < 1.29 is 28.9 Å². The lowest BCUT2D eigenvalue weighted by molar-refractivity contribution is -0.0224. The zero-order valence-corrected chi connectivity index (χ0v) is 11.7. The second kappa shape index (κ2) is 6.81. The number of carbonyl (C=O) groups excluding carboxylic acids is 1. The molecule has 1 amide bonds. The Bertz CT molecular complexity index is 582. The first kappa shape index (κ1) is 16.3. The highest BCUT2D eigenvalue weighted by atomic mass is 19.1. The number of aromatic amines is 1. The highest BCUT2D eigenvalue weighted by Gasteiger charge is 2.49. The Labute approximate surface area is 124 Å². The number of nitrogens with one attached hydrogen (secondary N) is 1. The van der Waals surface area contributed by atoms with E-state index in [0.717, 1.165) is 0 Å². The van der Waals surface area contributed by atoms with Crippen LogP contribution in [0.5, 0.6) is 0 Å². The van der Waals surface area contributed by atoms with Gasteiger partial charge in [-0.05, 0) is 13.0 Å². The summed E-state index contributed by atoms with van der Waals surface area (Å²) in [6.07, 6.45) is -6.14. The summed E-state index contributed by atoms with van der Waals surface area (Å²) in [5.74, 6) is -0.194. The third-order valence-electron chi connectivity index (χ3n) is 3.09. The van der Waals surface area contributed by atoms with Crippen LogP contribution in [0.4, 0.5) is 15.0 Å². The summed E-state index contributed by atoms with van der Waals surface area (Å²) in [5.41, 5.74) is -0.750. The van der Waals surface area contributed by atoms with E-state index >= 15 is 0 Å². The van der Waals surface area contributed by atoms with E-state index in [1.165, 1.54) is 12.3 Å². The second-order valence-corrected chi connectivity index (χ2v) is 4.50. The molecule has 9 nitrogen and oxygen atoms in total. The number of halogens is 1. The largest absolute Gasteiger partial charge is 0.449 e. The van der Waals surface area contributed by atoms with Crippen LogP contribution in [0.25, 0.3) is 0 Å². The van der Waals surface area contributed by atoms with Crippen molar-refractivity contribution in [2.24, 2.45) is 0 Å². The third-order valence-corrected chi connectivity index (χ3v) is 3.09. The van der Waals surface area contributed by atoms with Crippen molar-refractivity contribution in [3.05, 3.63) is 22.7 Å². The molecule has 1 aliphatic heterocycles. The highest BCUT2D eigenvalue weighted by Crippen LogP contribution is 2.29. The number of rotatable bonds is 4. The number of ether oxygens (including phenoxy) is 2. The van der Waals surface area contributed by atoms with Crippen molar-refractivity contribution in [1.29, 1.82) is 0 Å². The monoisotopic (exact) mass is 317 g/mol. The van der Waals surface area contributed by atoms with Crippen molar-refractivity contribution in [3.8, 4) is 0 Å². The average molecular weight is 317 g/mol. The SMILES string of the molecule is CCOC(=O)N(c1cc[nH]c(=O)n1)[C@@H]1O[C@H](CO)[C@@H](O)[C@@H]1F. The zero-order valence-electron chi connectivity index (χ0n) is 11.7. The minimum atomic E-state index is -2.00. The van der Waals surface area contributed by atoms with E-state index in [4.69, 9.17) is 14.6 Å². The number of hydrogen-bond donors (Lipinski definition) is 3. The number of H-pyrrole nitrogens is 1. The van der Waals surface area contributed by atoms with Gasteiger partial charge in [-0.25, -0.2) is 18.9 Å². The fourth-order valence-electron chi connectivity index (χ4n) is 2.08. The molecule has 2 rings (SSSR count). The van der Waals surface area contributed by atoms with E-state index in [1.54, 1.807) is 6.92 Å². The molecule has 0 aliphatic carbocycles. The lowest BCUT2D eigenvalue weighted by Crippen LogP contribution is -2.47. The van der Waals surface area contributed by atoms with Crippen LogP contribution in [-0.4, -0.2) is 64.1 Å². The van der Waals surface area contributed by atoms with Crippen molar-refractivity contribution in [2.45, 2.75) is 31.5 Å². The molecule has 0 aromatic carbocycles. The van der Waals surface area contributed by atoms with Crippen molar-refractivity contribution in [3.63, 3.8) is 0 Å². The molecule has 1 saturated heterocycles. The number of anilines is 1. The fraction of sp³-hybridized carbons (Fsp3) is 0.583. The minimum Gasteiger partial charge on any atom is -0.449 e. The maximum atomic E-state index is 14.2. The Hall–Kier alpha value is -2.04. The molecule has 1 aromatic heterocycles. The van der Waals surface area contributed by atoms with Crippen molar-refractivity contribution in [1.82, 2.24) is 9.97 Å². The van der Waals surface area contributed by atoms with Crippen LogP contribution < -0.4 is 10.6 Å². The number of nitrogens with zero attached hydrogens (tertiary/aromatic N) is 2. The fourth-order valence-corrected chi connectivity index (χ4v) is 2.08. The van der Waals surface area contributed by atoms with E-state index in [0.29, 0.717) is 4.90 Å². The van der Waals surface area contributed by atoms with Crippen LogP contribution in [0.2, 0.25) is 0 Å². The van der Waals surface area contributed by atoms with Crippen LogP contribution in [0.1, 0.15) is 6.92 Å². The summed E-state index contributed by atoms with van der Waals surface area (Å²) < 4.78 is 24.2. The summed E-state index contributed by atoms with van der Waals surface area (Å²) in [4.78, 5) is 29.8. The first-order valence-electron chi connectivity index (χ1n) is 6.59. The molecule has 0 radical (unpaired) electrons. The predicted molar refractivity (Wildman–Crippen MR) is 71.0 cm³/mol. The molecule has 1 aliphatic rings. The normalized spacial score (nSPS) is 27.6. The Kier molecular flexibility index (Phi) is 5.06. The molecule has 0 bridgehead atoms. The summed E-state index contributed by atoms with van der Waals surface area (Å²) in [6, 6.07) is 1.26. The Balaban J connectivity index is 2.37. The van der Waals surface area contributed by atoms with Crippen LogP contribution in [0.15, 0.2) is 17.1 Å². The summed E-state index contributed by atoms with van der Waals surface area (Å²) in [7, 11) is 0. The van der Waals surface area contributed by atoms with Crippen LogP contribution in [0.3, 0.4) is 0 Å². The molecule has 22 heavy (non-hydrogen) atoms. The summed E-state index contributed by atoms with van der Waals surface area (Å²) in [5, 5.41) is 18.7. The van der Waals surface area contributed by atoms with Crippen molar-refractivity contribution >= 4 is 11.9 Å². The molecule has 2 heterocycles. The molecule has 0 spiro atoms. The van der Waals surface area contributed by atoms with Gasteiger partial charge in [0.25, 0.3) is 0 Å². The van der Waals surface area contributed by atoms with Gasteiger partial charge in [0.05, 0.1) is 13.2 Å². The third kappa shape index (κ3) is 3.08. The van der Waals surface area contributed by atoms with Crippen LogP contribution >= 0.6 is 0 Å². The number of alkyl halides is 1. The lowest BCUT2D eigenvalue weighted by atomic mass is 10.1. The first-order chi connectivity index (χ1) is 10.5. The summed E-state index contributed by atoms with van der Waals surface area (Å²) in [6.45, 7) is 0.931. The molecule has 122 valence electrons. The molecule has 4 atom stereocenters. The van der Waals surface area contributed by atoms with E-state index in [9.17, 15) is 19.1 Å². The Morgan fingerprint density at radius 1 is 1.64 bits per heavy atom. The molecule has 0 saturated carbocycles. The van der Waals surface area contributed by atoms with Gasteiger partial charge >= 0.3 is 11.8 Å². The van der Waals surface area contributed by atoms with Crippen LogP contribution in [-0.2, 0) is 9.47 Å².